The van der Waals surface area contributed by atoms with Gasteiger partial charge in [0.1, 0.15) is 0 Å². The lowest BCUT2D eigenvalue weighted by Gasteiger charge is -2.31. The minimum absolute atomic E-state index is 0.573. The summed E-state index contributed by atoms with van der Waals surface area (Å²) in [5, 5.41) is 3.51. The average molecular weight is 327 g/mol. The first kappa shape index (κ1) is 16.5. The Morgan fingerprint density at radius 2 is 2.00 bits per heavy atom. The number of rotatable bonds is 8. The summed E-state index contributed by atoms with van der Waals surface area (Å²) in [6.45, 7) is 12.1. The van der Waals surface area contributed by atoms with E-state index >= 15 is 0 Å². The molecule has 0 heterocycles. The second-order valence-corrected chi connectivity index (χ2v) is 5.91. The highest BCUT2D eigenvalue weighted by Crippen LogP contribution is 2.27. The number of halogens is 1. The monoisotopic (exact) mass is 326 g/mol. The van der Waals surface area contributed by atoms with Crippen molar-refractivity contribution in [3.8, 4) is 0 Å². The SMILES string of the molecule is CCCNCc1ccc(Br)cc1N(CC)C(C)CC. The lowest BCUT2D eigenvalue weighted by atomic mass is 10.1. The molecular formula is C16H27BrN2. The molecule has 0 fully saturated rings. The quantitative estimate of drug-likeness (QED) is 0.704. The molecule has 0 saturated carbocycles. The molecule has 0 radical (unpaired) electrons. The van der Waals surface area contributed by atoms with Crippen LogP contribution < -0.4 is 10.2 Å². The number of nitrogens with zero attached hydrogens (tertiary/aromatic N) is 1. The first-order valence-corrected chi connectivity index (χ1v) is 8.19. The van der Waals surface area contributed by atoms with Gasteiger partial charge in [0.15, 0.2) is 0 Å². The standard InChI is InChI=1S/C16H27BrN2/c1-5-10-18-12-14-8-9-15(17)11-16(14)19(7-3)13(4)6-2/h8-9,11,13,18H,5-7,10,12H2,1-4H3. The zero-order valence-corrected chi connectivity index (χ0v) is 14.3. The van der Waals surface area contributed by atoms with Crippen molar-refractivity contribution >= 4 is 21.6 Å². The number of benzene rings is 1. The molecular weight excluding hydrogens is 300 g/mol. The highest BCUT2D eigenvalue weighted by molar-refractivity contribution is 9.10. The molecule has 0 aliphatic rings. The molecule has 1 rings (SSSR count). The van der Waals surface area contributed by atoms with Crippen molar-refractivity contribution in [3.63, 3.8) is 0 Å². The van der Waals surface area contributed by atoms with Crippen molar-refractivity contribution in [1.29, 1.82) is 0 Å². The molecule has 1 aromatic rings. The Labute approximate surface area is 126 Å². The van der Waals surface area contributed by atoms with Gasteiger partial charge in [-0.05, 0) is 50.9 Å². The molecule has 0 aliphatic heterocycles. The van der Waals surface area contributed by atoms with Crippen LogP contribution in [0.3, 0.4) is 0 Å². The second kappa shape index (κ2) is 8.60. The maximum atomic E-state index is 3.60. The summed E-state index contributed by atoms with van der Waals surface area (Å²) in [5.74, 6) is 0. The van der Waals surface area contributed by atoms with Gasteiger partial charge < -0.3 is 10.2 Å². The topological polar surface area (TPSA) is 15.3 Å². The molecule has 0 aliphatic carbocycles. The Hall–Kier alpha value is -0.540. The van der Waals surface area contributed by atoms with Crippen LogP contribution in [0.1, 0.15) is 46.1 Å². The Balaban J connectivity index is 2.97. The average Bonchev–Trinajstić information content (AvgIpc) is 2.42. The summed E-state index contributed by atoms with van der Waals surface area (Å²) < 4.78 is 1.16. The summed E-state index contributed by atoms with van der Waals surface area (Å²) in [4.78, 5) is 2.49. The van der Waals surface area contributed by atoms with Gasteiger partial charge in [0, 0.05) is 29.3 Å². The summed E-state index contributed by atoms with van der Waals surface area (Å²) >= 11 is 3.60. The van der Waals surface area contributed by atoms with E-state index in [-0.39, 0.29) is 0 Å². The first-order chi connectivity index (χ1) is 9.13. The van der Waals surface area contributed by atoms with Crippen LogP contribution in [-0.2, 0) is 6.54 Å². The second-order valence-electron chi connectivity index (χ2n) is 4.99. The van der Waals surface area contributed by atoms with Gasteiger partial charge in [-0.25, -0.2) is 0 Å². The predicted octanol–water partition coefficient (Wildman–Crippen LogP) is 4.57. The number of hydrogen-bond donors (Lipinski definition) is 1. The summed E-state index contributed by atoms with van der Waals surface area (Å²) in [6, 6.07) is 7.19. The van der Waals surface area contributed by atoms with Crippen LogP contribution in [0.2, 0.25) is 0 Å². The lowest BCUT2D eigenvalue weighted by Crippen LogP contribution is -2.33. The normalized spacial score (nSPS) is 12.5. The van der Waals surface area contributed by atoms with Crippen LogP contribution in [0.5, 0.6) is 0 Å². The smallest absolute Gasteiger partial charge is 0.0425 e. The van der Waals surface area contributed by atoms with Crippen molar-refractivity contribution in [3.05, 3.63) is 28.2 Å². The third-order valence-electron chi connectivity index (χ3n) is 3.56. The molecule has 0 bridgehead atoms. The van der Waals surface area contributed by atoms with Crippen molar-refractivity contribution in [2.45, 2.75) is 53.1 Å². The largest absolute Gasteiger partial charge is 0.369 e. The third-order valence-corrected chi connectivity index (χ3v) is 4.06. The molecule has 0 aromatic heterocycles. The van der Waals surface area contributed by atoms with Crippen molar-refractivity contribution < 1.29 is 0 Å². The van der Waals surface area contributed by atoms with Crippen LogP contribution in [0.25, 0.3) is 0 Å². The third kappa shape index (κ3) is 4.81. The van der Waals surface area contributed by atoms with Gasteiger partial charge in [0.25, 0.3) is 0 Å². The van der Waals surface area contributed by atoms with Crippen LogP contribution in [0.15, 0.2) is 22.7 Å². The fourth-order valence-electron chi connectivity index (χ4n) is 2.29. The van der Waals surface area contributed by atoms with E-state index in [2.05, 4.69) is 72.0 Å². The highest BCUT2D eigenvalue weighted by Gasteiger charge is 2.14. The molecule has 1 unspecified atom stereocenters. The van der Waals surface area contributed by atoms with E-state index in [4.69, 9.17) is 0 Å². The molecule has 1 N–H and O–H groups in total. The molecule has 108 valence electrons. The molecule has 0 saturated heterocycles. The minimum Gasteiger partial charge on any atom is -0.369 e. The van der Waals surface area contributed by atoms with Gasteiger partial charge in [0.05, 0.1) is 0 Å². The van der Waals surface area contributed by atoms with Crippen LogP contribution in [-0.4, -0.2) is 19.1 Å². The van der Waals surface area contributed by atoms with Crippen LogP contribution in [0, 0.1) is 0 Å². The Morgan fingerprint density at radius 3 is 2.58 bits per heavy atom. The number of anilines is 1. The van der Waals surface area contributed by atoms with Crippen LogP contribution in [0.4, 0.5) is 5.69 Å². The van der Waals surface area contributed by atoms with E-state index in [0.717, 1.165) is 24.1 Å². The highest BCUT2D eigenvalue weighted by atomic mass is 79.9. The fraction of sp³-hybridized carbons (Fsp3) is 0.625. The zero-order valence-electron chi connectivity index (χ0n) is 12.7. The van der Waals surface area contributed by atoms with E-state index in [1.807, 2.05) is 0 Å². The molecule has 2 nitrogen and oxygen atoms in total. The summed E-state index contributed by atoms with van der Waals surface area (Å²) in [7, 11) is 0. The predicted molar refractivity (Wildman–Crippen MR) is 88.9 cm³/mol. The fourth-order valence-corrected chi connectivity index (χ4v) is 2.64. The summed E-state index contributed by atoms with van der Waals surface area (Å²) in [6.07, 6.45) is 2.34. The summed E-state index contributed by atoms with van der Waals surface area (Å²) in [5.41, 5.74) is 2.74. The van der Waals surface area contributed by atoms with Gasteiger partial charge in [0.2, 0.25) is 0 Å². The van der Waals surface area contributed by atoms with E-state index in [0.29, 0.717) is 6.04 Å². The van der Waals surface area contributed by atoms with Gasteiger partial charge in [-0.15, -0.1) is 0 Å². The Morgan fingerprint density at radius 1 is 1.26 bits per heavy atom. The molecule has 19 heavy (non-hydrogen) atoms. The van der Waals surface area contributed by atoms with E-state index in [9.17, 15) is 0 Å². The van der Waals surface area contributed by atoms with Crippen LogP contribution >= 0.6 is 15.9 Å². The van der Waals surface area contributed by atoms with Gasteiger partial charge in [-0.2, -0.15) is 0 Å². The van der Waals surface area contributed by atoms with Gasteiger partial charge in [-0.1, -0.05) is 35.8 Å². The number of hydrogen-bond acceptors (Lipinski definition) is 2. The lowest BCUT2D eigenvalue weighted by molar-refractivity contribution is 0.620. The molecule has 1 atom stereocenters. The van der Waals surface area contributed by atoms with Crippen molar-refractivity contribution in [2.75, 3.05) is 18.0 Å². The number of nitrogens with one attached hydrogen (secondary N) is 1. The molecule has 0 spiro atoms. The Kier molecular flexibility index (Phi) is 7.47. The zero-order chi connectivity index (χ0) is 14.3. The molecule has 3 heteroatoms. The first-order valence-electron chi connectivity index (χ1n) is 7.39. The minimum atomic E-state index is 0.573. The van der Waals surface area contributed by atoms with E-state index < -0.39 is 0 Å². The molecule has 1 aromatic carbocycles. The van der Waals surface area contributed by atoms with Crippen molar-refractivity contribution in [1.82, 2.24) is 5.32 Å². The van der Waals surface area contributed by atoms with E-state index in [1.165, 1.54) is 24.1 Å². The van der Waals surface area contributed by atoms with Gasteiger partial charge >= 0.3 is 0 Å². The maximum Gasteiger partial charge on any atom is 0.0425 e. The van der Waals surface area contributed by atoms with Gasteiger partial charge in [-0.3, -0.25) is 0 Å². The van der Waals surface area contributed by atoms with Crippen molar-refractivity contribution in [2.24, 2.45) is 0 Å². The maximum absolute atomic E-state index is 3.60. The van der Waals surface area contributed by atoms with E-state index in [1.54, 1.807) is 0 Å². The molecule has 0 amide bonds. The Bertz CT molecular complexity index is 379.